The molecule has 0 fully saturated rings. The Bertz CT molecular complexity index is 1360. The van der Waals surface area contributed by atoms with Crippen LogP contribution >= 0.6 is 0 Å². The highest BCUT2D eigenvalue weighted by atomic mass is 32.2. The Morgan fingerprint density at radius 3 is 2.19 bits per heavy atom. The van der Waals surface area contributed by atoms with E-state index in [0.717, 1.165) is 20.3 Å². The zero-order valence-corrected chi connectivity index (χ0v) is 18.3. The minimum Gasteiger partial charge on any atom is -0.466 e. The van der Waals surface area contributed by atoms with E-state index in [-0.39, 0.29) is 41.1 Å². The van der Waals surface area contributed by atoms with Crippen LogP contribution in [0, 0.1) is 0 Å². The Labute approximate surface area is 182 Å². The standard InChI is InChI=1S/C18H17NO11S2/c1-28-17(20)14-8-30-9-19(16(14)18(21)29-2)11-4-3-10-5-12(31(22,23)24)7-15(13(10)6-11)32(25,26)27/h3-7H,8-9H2,1-2H3,(H,22,23,24)(H,25,26,27). The second-order valence-electron chi connectivity index (χ2n) is 6.49. The number of benzene rings is 2. The first kappa shape index (κ1) is 23.6. The van der Waals surface area contributed by atoms with E-state index in [1.165, 1.54) is 23.1 Å². The summed E-state index contributed by atoms with van der Waals surface area (Å²) in [5.41, 5.74) is -0.182. The largest absolute Gasteiger partial charge is 0.466 e. The normalized spacial score (nSPS) is 15.1. The van der Waals surface area contributed by atoms with Crippen molar-refractivity contribution in [2.24, 2.45) is 0 Å². The van der Waals surface area contributed by atoms with Gasteiger partial charge in [-0.1, -0.05) is 6.07 Å². The van der Waals surface area contributed by atoms with E-state index in [1.807, 2.05) is 0 Å². The predicted molar refractivity (Wildman–Crippen MR) is 108 cm³/mol. The van der Waals surface area contributed by atoms with Gasteiger partial charge in [0.15, 0.2) is 0 Å². The molecule has 2 N–H and O–H groups in total. The van der Waals surface area contributed by atoms with Gasteiger partial charge < -0.3 is 19.1 Å². The van der Waals surface area contributed by atoms with Crippen molar-refractivity contribution in [2.45, 2.75) is 9.79 Å². The highest BCUT2D eigenvalue weighted by molar-refractivity contribution is 7.86. The lowest BCUT2D eigenvalue weighted by molar-refractivity contribution is -0.140. The van der Waals surface area contributed by atoms with Gasteiger partial charge in [-0.2, -0.15) is 16.8 Å². The van der Waals surface area contributed by atoms with Crippen molar-refractivity contribution in [1.82, 2.24) is 0 Å². The Balaban J connectivity index is 2.30. The molecule has 0 aromatic heterocycles. The van der Waals surface area contributed by atoms with E-state index in [0.29, 0.717) is 6.07 Å². The summed E-state index contributed by atoms with van der Waals surface area (Å²) in [5, 5.41) is -0.0713. The lowest BCUT2D eigenvalue weighted by Crippen LogP contribution is -2.38. The third-order valence-electron chi connectivity index (χ3n) is 4.59. The zero-order chi connectivity index (χ0) is 23.8. The smallest absolute Gasteiger partial charge is 0.355 e. The molecule has 0 amide bonds. The minimum absolute atomic E-state index is 0.0474. The van der Waals surface area contributed by atoms with Crippen molar-refractivity contribution in [1.29, 1.82) is 0 Å². The third kappa shape index (κ3) is 4.44. The fourth-order valence-electron chi connectivity index (χ4n) is 3.16. The number of esters is 2. The topological polar surface area (TPSA) is 174 Å². The highest BCUT2D eigenvalue weighted by Gasteiger charge is 2.33. The zero-order valence-electron chi connectivity index (χ0n) is 16.6. The average Bonchev–Trinajstić information content (AvgIpc) is 2.74. The fraction of sp³-hybridized carbons (Fsp3) is 0.222. The summed E-state index contributed by atoms with van der Waals surface area (Å²) < 4.78 is 80.5. The van der Waals surface area contributed by atoms with E-state index in [9.17, 15) is 35.5 Å². The molecule has 172 valence electrons. The molecule has 0 unspecified atom stereocenters. The molecule has 14 heteroatoms. The lowest BCUT2D eigenvalue weighted by Gasteiger charge is -2.31. The number of anilines is 1. The van der Waals surface area contributed by atoms with Crippen LogP contribution in [0.2, 0.25) is 0 Å². The number of ether oxygens (including phenoxy) is 3. The number of fused-ring (bicyclic) bond motifs is 1. The van der Waals surface area contributed by atoms with E-state index in [4.69, 9.17) is 9.47 Å². The first-order valence-electron chi connectivity index (χ1n) is 8.66. The van der Waals surface area contributed by atoms with Gasteiger partial charge in [-0.05, 0) is 29.7 Å². The maximum atomic E-state index is 12.4. The second-order valence-corrected chi connectivity index (χ2v) is 9.30. The van der Waals surface area contributed by atoms with Crippen molar-refractivity contribution in [3.05, 3.63) is 41.6 Å². The number of carbonyl (C=O) groups is 2. The number of methoxy groups -OCH3 is 2. The summed E-state index contributed by atoms with van der Waals surface area (Å²) in [5.74, 6) is -1.72. The molecule has 0 aliphatic carbocycles. The molecule has 2 aromatic carbocycles. The summed E-state index contributed by atoms with van der Waals surface area (Å²) in [6, 6.07) is 5.53. The summed E-state index contributed by atoms with van der Waals surface area (Å²) in [6.07, 6.45) is 0. The number of nitrogens with zero attached hydrogens (tertiary/aromatic N) is 1. The van der Waals surface area contributed by atoms with E-state index in [2.05, 4.69) is 4.74 Å². The molecule has 0 radical (unpaired) electrons. The lowest BCUT2D eigenvalue weighted by atomic mass is 10.1. The van der Waals surface area contributed by atoms with Crippen LogP contribution in [0.15, 0.2) is 51.4 Å². The van der Waals surface area contributed by atoms with E-state index < -0.39 is 42.0 Å². The number of rotatable bonds is 5. The first-order chi connectivity index (χ1) is 14.9. The molecule has 32 heavy (non-hydrogen) atoms. The number of hydrogen-bond acceptors (Lipinski definition) is 10. The summed E-state index contributed by atoms with van der Waals surface area (Å²) in [6.45, 7) is -0.462. The monoisotopic (exact) mass is 487 g/mol. The van der Waals surface area contributed by atoms with Gasteiger partial charge in [0.1, 0.15) is 17.3 Å². The number of carbonyl (C=O) groups excluding carboxylic acids is 2. The van der Waals surface area contributed by atoms with Gasteiger partial charge in [0.25, 0.3) is 20.2 Å². The SMILES string of the molecule is COC(=O)C1=C(C(=O)OC)N(c2ccc3cc(S(=O)(=O)O)cc(S(=O)(=O)O)c3c2)COC1. The first-order valence-corrected chi connectivity index (χ1v) is 11.5. The van der Waals surface area contributed by atoms with E-state index in [1.54, 1.807) is 0 Å². The fourth-order valence-corrected chi connectivity index (χ4v) is 4.51. The van der Waals surface area contributed by atoms with Crippen LogP contribution in [0.4, 0.5) is 5.69 Å². The molecule has 0 saturated heterocycles. The van der Waals surface area contributed by atoms with Crippen molar-refractivity contribution in [3.8, 4) is 0 Å². The maximum absolute atomic E-state index is 12.4. The molecule has 2 aromatic rings. The van der Waals surface area contributed by atoms with Crippen LogP contribution in [0.25, 0.3) is 10.8 Å². The average molecular weight is 487 g/mol. The maximum Gasteiger partial charge on any atom is 0.355 e. The molecular formula is C18H17NO11S2. The molecule has 12 nitrogen and oxygen atoms in total. The quantitative estimate of drug-likeness (QED) is 0.447. The molecule has 0 spiro atoms. The van der Waals surface area contributed by atoms with Crippen molar-refractivity contribution in [3.63, 3.8) is 0 Å². The van der Waals surface area contributed by atoms with Crippen LogP contribution in [0.1, 0.15) is 0 Å². The Morgan fingerprint density at radius 2 is 1.62 bits per heavy atom. The molecule has 1 heterocycles. The van der Waals surface area contributed by atoms with Gasteiger partial charge in [0.05, 0.1) is 31.3 Å². The van der Waals surface area contributed by atoms with Crippen LogP contribution in [-0.2, 0) is 44.0 Å². The Morgan fingerprint density at radius 1 is 0.969 bits per heavy atom. The number of hydrogen-bond donors (Lipinski definition) is 2. The summed E-state index contributed by atoms with van der Waals surface area (Å²) in [4.78, 5) is 24.2. The van der Waals surface area contributed by atoms with Crippen LogP contribution < -0.4 is 4.90 Å². The highest BCUT2D eigenvalue weighted by Crippen LogP contribution is 2.33. The van der Waals surface area contributed by atoms with Crippen molar-refractivity contribution >= 4 is 48.6 Å². The van der Waals surface area contributed by atoms with Gasteiger partial charge in [0.2, 0.25) is 0 Å². The van der Waals surface area contributed by atoms with Gasteiger partial charge in [0, 0.05) is 11.1 Å². The molecule has 1 aliphatic heterocycles. The van der Waals surface area contributed by atoms with Crippen molar-refractivity contribution < 1.29 is 49.7 Å². The third-order valence-corrected chi connectivity index (χ3v) is 6.32. The molecule has 0 atom stereocenters. The van der Waals surface area contributed by atoms with Gasteiger partial charge >= 0.3 is 11.9 Å². The van der Waals surface area contributed by atoms with Gasteiger partial charge in [-0.25, -0.2) is 9.59 Å². The molecule has 3 rings (SSSR count). The molecule has 1 aliphatic rings. The predicted octanol–water partition coefficient (Wildman–Crippen LogP) is 0.727. The van der Waals surface area contributed by atoms with E-state index >= 15 is 0 Å². The van der Waals surface area contributed by atoms with Crippen molar-refractivity contribution in [2.75, 3.05) is 32.5 Å². The Kier molecular flexibility index (Phi) is 6.26. The minimum atomic E-state index is -4.93. The molecule has 0 saturated carbocycles. The second kappa shape index (κ2) is 8.48. The molecule has 0 bridgehead atoms. The summed E-state index contributed by atoms with van der Waals surface area (Å²) in [7, 11) is -7.48. The molecular weight excluding hydrogens is 470 g/mol. The van der Waals surface area contributed by atoms with Crippen LogP contribution in [0.5, 0.6) is 0 Å². The van der Waals surface area contributed by atoms with Crippen LogP contribution in [-0.4, -0.2) is 65.4 Å². The van der Waals surface area contributed by atoms with Crippen LogP contribution in [0.3, 0.4) is 0 Å². The van der Waals surface area contributed by atoms with Gasteiger partial charge in [-0.3, -0.25) is 9.11 Å². The summed E-state index contributed by atoms with van der Waals surface area (Å²) >= 11 is 0. The Hall–Kier alpha value is -3.04. The van der Waals surface area contributed by atoms with Gasteiger partial charge in [-0.15, -0.1) is 0 Å².